The van der Waals surface area contributed by atoms with E-state index in [1.807, 2.05) is 45.3 Å². The van der Waals surface area contributed by atoms with Gasteiger partial charge in [-0.1, -0.05) is 91.2 Å². The third-order valence-electron chi connectivity index (χ3n) is 13.4. The van der Waals surface area contributed by atoms with Crippen LogP contribution in [0.1, 0.15) is 79.1 Å². The molecule has 10 aromatic rings. The minimum Gasteiger partial charge on any atom is -0.252 e. The lowest BCUT2D eigenvalue weighted by atomic mass is 10.0. The first kappa shape index (κ1) is 43.9. The van der Waals surface area contributed by atoms with Gasteiger partial charge < -0.3 is 0 Å². The van der Waals surface area contributed by atoms with Crippen molar-refractivity contribution in [3.05, 3.63) is 83.8 Å². The topological polar surface area (TPSA) is 77.3 Å². The van der Waals surface area contributed by atoms with Crippen LogP contribution in [0.25, 0.3) is 93.4 Å². The molecule has 0 bridgehead atoms. The molecule has 0 saturated carbocycles. The summed E-state index contributed by atoms with van der Waals surface area (Å²) in [5.41, 5.74) is 7.79. The smallest absolute Gasteiger partial charge is 0.132 e. The highest BCUT2D eigenvalue weighted by atomic mass is 32.1. The molecule has 0 saturated heterocycles. The van der Waals surface area contributed by atoms with Gasteiger partial charge in [0.05, 0.1) is 33.2 Å². The SMILES string of the molecule is CCCCC(CC)C[Si]1(CC(CC)CCCC)c2cc(-c3ncc(-c4ccc(-c5cccs5)s4)c4nsnc34)sc2-c2sc(-c3ncc(-c4ccc(-c5cccs5)s4)c4nsnc34)cc21. The van der Waals surface area contributed by atoms with E-state index in [2.05, 4.69) is 112 Å². The lowest BCUT2D eigenvalue weighted by Crippen LogP contribution is -2.56. The van der Waals surface area contributed by atoms with Crippen LogP contribution in [0.5, 0.6) is 0 Å². The van der Waals surface area contributed by atoms with Crippen molar-refractivity contribution in [1.29, 1.82) is 0 Å². The summed E-state index contributed by atoms with van der Waals surface area (Å²) in [4.78, 5) is 23.4. The van der Waals surface area contributed by atoms with Gasteiger partial charge in [-0.25, -0.2) is 0 Å². The zero-order valence-electron chi connectivity index (χ0n) is 36.8. The Hall–Kier alpha value is -3.64. The Morgan fingerprint density at radius 1 is 0.492 bits per heavy atom. The van der Waals surface area contributed by atoms with E-state index >= 15 is 0 Å². The fraction of sp³-hybridized carbons (Fsp3) is 0.320. The third-order valence-corrected chi connectivity index (χ3v) is 27.0. The molecule has 0 amide bonds. The molecule has 1 aliphatic heterocycles. The third kappa shape index (κ3) is 7.99. The Bertz CT molecular complexity index is 3000. The van der Waals surface area contributed by atoms with Crippen molar-refractivity contribution < 1.29 is 0 Å². The second-order valence-electron chi connectivity index (χ2n) is 17.3. The van der Waals surface area contributed by atoms with Crippen LogP contribution in [0.2, 0.25) is 12.1 Å². The molecule has 11 heterocycles. The Kier molecular flexibility index (Phi) is 12.7. The van der Waals surface area contributed by atoms with Gasteiger partial charge >= 0.3 is 0 Å². The first-order valence-electron chi connectivity index (χ1n) is 22.8. The van der Waals surface area contributed by atoms with Crippen molar-refractivity contribution in [2.24, 2.45) is 11.8 Å². The molecule has 330 valence electrons. The minimum absolute atomic E-state index is 0.684. The number of hydrogen-bond acceptors (Lipinski definition) is 14. The number of hydrogen-bond donors (Lipinski definition) is 0. The van der Waals surface area contributed by atoms with E-state index in [-0.39, 0.29) is 0 Å². The Balaban J connectivity index is 1.05. The summed E-state index contributed by atoms with van der Waals surface area (Å²) in [6.45, 7) is 9.57. The molecule has 2 unspecified atom stereocenters. The lowest BCUT2D eigenvalue weighted by Gasteiger charge is -2.35. The Labute approximate surface area is 413 Å². The van der Waals surface area contributed by atoms with Gasteiger partial charge in [0.1, 0.15) is 41.5 Å². The molecule has 15 heteroatoms. The Morgan fingerprint density at radius 2 is 0.938 bits per heavy atom. The highest BCUT2D eigenvalue weighted by Crippen LogP contribution is 2.51. The fourth-order valence-electron chi connectivity index (χ4n) is 9.94. The lowest BCUT2D eigenvalue weighted by molar-refractivity contribution is 0.469. The van der Waals surface area contributed by atoms with Crippen molar-refractivity contribution in [3.8, 4) is 71.3 Å². The molecule has 10 aromatic heterocycles. The van der Waals surface area contributed by atoms with Gasteiger partial charge in [0.15, 0.2) is 0 Å². The number of nitrogens with zero attached hydrogens (tertiary/aromatic N) is 6. The van der Waals surface area contributed by atoms with Crippen molar-refractivity contribution in [2.45, 2.75) is 91.1 Å². The van der Waals surface area contributed by atoms with Crippen LogP contribution in [-0.2, 0) is 0 Å². The van der Waals surface area contributed by atoms with Gasteiger partial charge in [-0.3, -0.25) is 9.97 Å². The zero-order chi connectivity index (χ0) is 44.1. The number of thiophene rings is 6. The van der Waals surface area contributed by atoms with E-state index in [4.69, 9.17) is 27.5 Å². The molecule has 0 N–H and O–H groups in total. The largest absolute Gasteiger partial charge is 0.252 e. The number of unbranched alkanes of at least 4 members (excludes halogenated alkanes) is 2. The maximum atomic E-state index is 5.30. The van der Waals surface area contributed by atoms with Crippen LogP contribution < -0.4 is 10.4 Å². The van der Waals surface area contributed by atoms with E-state index in [1.54, 1.807) is 33.0 Å². The highest BCUT2D eigenvalue weighted by Gasteiger charge is 2.50. The predicted octanol–water partition coefficient (Wildman–Crippen LogP) is 16.8. The number of aromatic nitrogens is 6. The van der Waals surface area contributed by atoms with Crippen molar-refractivity contribution in [3.63, 3.8) is 0 Å². The standard InChI is InChI=1S/C50H48N6S8Si/c1-5-9-13-29(7-3)27-65(28-30(8-4)14-10-6-2)41-23-39(45-47-43(53-63-55-47)31(25-51-45)33-17-19-37(59-33)35-15-11-21-57-35)61-49(41)50-42(65)24-40(62-50)46-48-44(54-64-56-48)32(26-52-46)34-18-20-38(60-34)36-16-12-22-58-36/h11-12,15-26,29-30H,5-10,13-14,27-28H2,1-4H3. The predicted molar refractivity (Wildman–Crippen MR) is 291 cm³/mol. The van der Waals surface area contributed by atoms with E-state index in [0.717, 1.165) is 44.6 Å². The Morgan fingerprint density at radius 3 is 1.35 bits per heavy atom. The van der Waals surface area contributed by atoms with Crippen molar-refractivity contribution in [1.82, 2.24) is 27.5 Å². The maximum absolute atomic E-state index is 5.30. The van der Waals surface area contributed by atoms with Crippen LogP contribution in [0.3, 0.4) is 0 Å². The molecule has 0 radical (unpaired) electrons. The molecule has 0 spiro atoms. The van der Waals surface area contributed by atoms with Gasteiger partial charge in [-0.2, -0.15) is 17.5 Å². The zero-order valence-corrected chi connectivity index (χ0v) is 44.3. The number of pyridine rings is 2. The second-order valence-corrected chi connectivity index (χ2v) is 28.6. The number of fused-ring (bicyclic) bond motifs is 5. The van der Waals surface area contributed by atoms with Gasteiger partial charge in [-0.05, 0) is 93.6 Å². The molecule has 0 aliphatic carbocycles. The molecule has 0 fully saturated rings. The van der Waals surface area contributed by atoms with Crippen molar-refractivity contribution >= 4 is 132 Å². The fourth-order valence-corrected chi connectivity index (χ4v) is 25.2. The highest BCUT2D eigenvalue weighted by molar-refractivity contribution is 7.32. The molecule has 1 aliphatic rings. The molecule has 2 atom stereocenters. The summed E-state index contributed by atoms with van der Waals surface area (Å²) in [5.74, 6) is 1.37. The average Bonchev–Trinajstić information content (AvgIpc) is 4.16. The summed E-state index contributed by atoms with van der Waals surface area (Å²) in [7, 11) is -2.34. The average molecular weight is 1020 g/mol. The first-order chi connectivity index (χ1) is 32.0. The van der Waals surface area contributed by atoms with Crippen LogP contribution in [-0.4, -0.2) is 35.5 Å². The van der Waals surface area contributed by atoms with Crippen LogP contribution >= 0.6 is 91.5 Å². The molecule has 6 nitrogen and oxygen atoms in total. The van der Waals surface area contributed by atoms with Crippen LogP contribution in [0, 0.1) is 11.8 Å². The van der Waals surface area contributed by atoms with Gasteiger partial charge in [0.2, 0.25) is 0 Å². The van der Waals surface area contributed by atoms with Crippen LogP contribution in [0.15, 0.2) is 83.8 Å². The van der Waals surface area contributed by atoms with Crippen molar-refractivity contribution in [2.75, 3.05) is 0 Å². The summed E-state index contributed by atoms with van der Waals surface area (Å²) in [6.07, 6.45) is 14.2. The van der Waals surface area contributed by atoms with Gasteiger partial charge in [0, 0.05) is 62.5 Å². The molecular formula is C50H48N6S8Si. The molecule has 65 heavy (non-hydrogen) atoms. The maximum Gasteiger partial charge on any atom is 0.132 e. The monoisotopic (exact) mass is 1020 g/mol. The van der Waals surface area contributed by atoms with Gasteiger partial charge in [0.25, 0.3) is 0 Å². The summed E-state index contributed by atoms with van der Waals surface area (Å²) in [6, 6.07) is 25.3. The second kappa shape index (κ2) is 18.8. The summed E-state index contributed by atoms with van der Waals surface area (Å²) < 4.78 is 19.8. The molecule has 11 rings (SSSR count). The van der Waals surface area contributed by atoms with E-state index < -0.39 is 8.07 Å². The van der Waals surface area contributed by atoms with Gasteiger partial charge in [-0.15, -0.1) is 68.0 Å². The van der Waals surface area contributed by atoms with E-state index in [1.165, 1.54) is 136 Å². The molecule has 0 aromatic carbocycles. The summed E-state index contributed by atoms with van der Waals surface area (Å²) in [5, 5.41) is 7.56. The quantitative estimate of drug-likeness (QED) is 0.0797. The normalized spacial score (nSPS) is 14.2. The van der Waals surface area contributed by atoms with Crippen LogP contribution in [0.4, 0.5) is 0 Å². The molecular weight excluding hydrogens is 969 g/mol. The number of rotatable bonds is 18. The summed E-state index contributed by atoms with van der Waals surface area (Å²) >= 11 is 13.7. The van der Waals surface area contributed by atoms with E-state index in [0.29, 0.717) is 11.8 Å². The minimum atomic E-state index is -2.34. The first-order valence-corrected chi connectivity index (χ1v) is 31.7. The van der Waals surface area contributed by atoms with E-state index in [9.17, 15) is 0 Å².